The van der Waals surface area contributed by atoms with Gasteiger partial charge in [-0.1, -0.05) is 36.4 Å². The number of methoxy groups -OCH3 is 1. The molecular weight excluding hydrogens is 294 g/mol. The summed E-state index contributed by atoms with van der Waals surface area (Å²) in [5.41, 5.74) is 1.09. The second-order valence-electron chi connectivity index (χ2n) is 5.15. The summed E-state index contributed by atoms with van der Waals surface area (Å²) in [4.78, 5) is 0.994. The Balaban J connectivity index is 1.61. The van der Waals surface area contributed by atoms with E-state index in [2.05, 4.69) is 23.5 Å². The Bertz CT molecular complexity index is 720. The summed E-state index contributed by atoms with van der Waals surface area (Å²) < 4.78 is 6.54. The number of aliphatic hydroxyl groups is 1. The number of hydrogen-bond acceptors (Lipinski definition) is 4. The normalized spacial score (nSPS) is 12.5. The van der Waals surface area contributed by atoms with Crippen molar-refractivity contribution in [2.45, 2.75) is 12.6 Å². The molecule has 0 aliphatic rings. The van der Waals surface area contributed by atoms with Crippen LogP contribution in [0.25, 0.3) is 10.1 Å². The van der Waals surface area contributed by atoms with Crippen molar-refractivity contribution in [3.63, 3.8) is 0 Å². The number of aliphatic hydroxyl groups excluding tert-OH is 1. The van der Waals surface area contributed by atoms with Gasteiger partial charge in [0, 0.05) is 28.2 Å². The smallest absolute Gasteiger partial charge is 0.123 e. The molecule has 3 aromatic rings. The van der Waals surface area contributed by atoms with Crippen LogP contribution < -0.4 is 10.1 Å². The summed E-state index contributed by atoms with van der Waals surface area (Å²) in [6.07, 6.45) is -0.493. The average Bonchev–Trinajstić information content (AvgIpc) is 2.99. The Morgan fingerprint density at radius 3 is 2.73 bits per heavy atom. The molecule has 1 atom stereocenters. The number of fused-ring (bicyclic) bond motifs is 1. The lowest BCUT2D eigenvalue weighted by atomic mass is 10.2. The molecule has 0 bridgehead atoms. The van der Waals surface area contributed by atoms with Crippen LogP contribution in [0.3, 0.4) is 0 Å². The fourth-order valence-corrected chi connectivity index (χ4v) is 3.51. The molecule has 0 saturated carbocycles. The molecule has 0 aliphatic carbocycles. The largest absolute Gasteiger partial charge is 0.496 e. The number of thiophene rings is 1. The molecule has 0 spiro atoms. The number of rotatable bonds is 6. The van der Waals surface area contributed by atoms with E-state index < -0.39 is 6.10 Å². The minimum atomic E-state index is -0.493. The van der Waals surface area contributed by atoms with Gasteiger partial charge < -0.3 is 15.2 Å². The maximum absolute atomic E-state index is 10.3. The van der Waals surface area contributed by atoms with Crippen molar-refractivity contribution >= 4 is 21.4 Å². The summed E-state index contributed by atoms with van der Waals surface area (Å²) in [6.45, 7) is 1.19. The van der Waals surface area contributed by atoms with Crippen LogP contribution in [0.2, 0.25) is 0 Å². The number of ether oxygens (including phenoxy) is 1. The molecule has 1 aromatic heterocycles. The average molecular weight is 313 g/mol. The first-order chi connectivity index (χ1) is 10.8. The Morgan fingerprint density at radius 2 is 1.91 bits per heavy atom. The third-order valence-corrected chi connectivity index (χ3v) is 4.84. The fourth-order valence-electron chi connectivity index (χ4n) is 2.46. The van der Waals surface area contributed by atoms with E-state index in [1.165, 1.54) is 10.1 Å². The summed E-state index contributed by atoms with van der Waals surface area (Å²) in [6, 6.07) is 18.2. The Morgan fingerprint density at radius 1 is 1.14 bits per heavy atom. The van der Waals surface area contributed by atoms with Crippen molar-refractivity contribution in [1.82, 2.24) is 5.32 Å². The minimum Gasteiger partial charge on any atom is -0.496 e. The molecule has 0 amide bonds. The molecule has 114 valence electrons. The van der Waals surface area contributed by atoms with Gasteiger partial charge in [0.15, 0.2) is 0 Å². The highest BCUT2D eigenvalue weighted by Gasteiger charge is 2.11. The molecule has 22 heavy (non-hydrogen) atoms. The van der Waals surface area contributed by atoms with Crippen LogP contribution in [0.5, 0.6) is 5.75 Å². The number of benzene rings is 2. The van der Waals surface area contributed by atoms with Gasteiger partial charge in [0.2, 0.25) is 0 Å². The van der Waals surface area contributed by atoms with Gasteiger partial charge in [-0.2, -0.15) is 0 Å². The minimum absolute atomic E-state index is 0.493. The van der Waals surface area contributed by atoms with Crippen LogP contribution in [-0.2, 0) is 6.54 Å². The van der Waals surface area contributed by atoms with Gasteiger partial charge in [0.05, 0.1) is 7.11 Å². The third kappa shape index (κ3) is 3.30. The lowest BCUT2D eigenvalue weighted by Crippen LogP contribution is -2.20. The van der Waals surface area contributed by atoms with Gasteiger partial charge >= 0.3 is 0 Å². The molecule has 1 heterocycles. The second kappa shape index (κ2) is 6.92. The quantitative estimate of drug-likeness (QED) is 0.728. The maximum atomic E-state index is 10.3. The molecule has 0 fully saturated rings. The lowest BCUT2D eigenvalue weighted by Gasteiger charge is -2.12. The van der Waals surface area contributed by atoms with E-state index in [-0.39, 0.29) is 0 Å². The van der Waals surface area contributed by atoms with Gasteiger partial charge in [0.25, 0.3) is 0 Å². The van der Waals surface area contributed by atoms with Crippen LogP contribution >= 0.6 is 11.3 Å². The zero-order chi connectivity index (χ0) is 15.4. The summed E-state index contributed by atoms with van der Waals surface area (Å²) in [7, 11) is 1.67. The molecule has 4 heteroatoms. The van der Waals surface area contributed by atoms with Gasteiger partial charge in [0.1, 0.15) is 11.9 Å². The van der Waals surface area contributed by atoms with E-state index in [1.54, 1.807) is 18.4 Å². The van der Waals surface area contributed by atoms with Gasteiger partial charge in [-0.25, -0.2) is 0 Å². The highest BCUT2D eigenvalue weighted by molar-refractivity contribution is 7.19. The first-order valence-electron chi connectivity index (χ1n) is 7.27. The standard InChI is InChI=1S/C18H19NO2S/c1-21-16-8-4-2-7-14(16)11-19-12-15(20)18-10-13-6-3-5-9-17(13)22-18/h2-10,15,19-20H,11-12H2,1H3. The lowest BCUT2D eigenvalue weighted by molar-refractivity contribution is 0.178. The molecule has 3 rings (SSSR count). The predicted molar refractivity (Wildman–Crippen MR) is 91.5 cm³/mol. The molecule has 0 saturated heterocycles. The zero-order valence-corrected chi connectivity index (χ0v) is 13.3. The van der Waals surface area contributed by atoms with Crippen LogP contribution in [0.4, 0.5) is 0 Å². The molecule has 2 aromatic carbocycles. The Labute approximate surface area is 134 Å². The van der Waals surface area contributed by atoms with Gasteiger partial charge in [-0.3, -0.25) is 0 Å². The van der Waals surface area contributed by atoms with Gasteiger partial charge in [-0.05, 0) is 23.6 Å². The first-order valence-corrected chi connectivity index (χ1v) is 8.08. The number of para-hydroxylation sites is 1. The fraction of sp³-hybridized carbons (Fsp3) is 0.222. The Hall–Kier alpha value is -1.88. The van der Waals surface area contributed by atoms with Crippen molar-refractivity contribution in [2.75, 3.05) is 13.7 Å². The molecule has 1 unspecified atom stereocenters. The summed E-state index contributed by atoms with van der Waals surface area (Å²) in [5.74, 6) is 0.867. The van der Waals surface area contributed by atoms with E-state index in [9.17, 15) is 5.11 Å². The van der Waals surface area contributed by atoms with Crippen molar-refractivity contribution in [3.05, 3.63) is 65.0 Å². The SMILES string of the molecule is COc1ccccc1CNCC(O)c1cc2ccccc2s1. The zero-order valence-electron chi connectivity index (χ0n) is 12.5. The Kier molecular flexibility index (Phi) is 4.73. The van der Waals surface area contributed by atoms with Crippen molar-refractivity contribution in [3.8, 4) is 5.75 Å². The second-order valence-corrected chi connectivity index (χ2v) is 6.26. The topological polar surface area (TPSA) is 41.5 Å². The highest BCUT2D eigenvalue weighted by atomic mass is 32.1. The number of hydrogen-bond donors (Lipinski definition) is 2. The van der Waals surface area contributed by atoms with Crippen molar-refractivity contribution in [1.29, 1.82) is 0 Å². The molecule has 0 radical (unpaired) electrons. The van der Waals surface area contributed by atoms with E-state index in [0.717, 1.165) is 16.2 Å². The summed E-state index contributed by atoms with van der Waals surface area (Å²) >= 11 is 1.64. The van der Waals surface area contributed by atoms with E-state index >= 15 is 0 Å². The molecular formula is C18H19NO2S. The third-order valence-electron chi connectivity index (χ3n) is 3.62. The first kappa shape index (κ1) is 15.0. The predicted octanol–water partition coefficient (Wildman–Crippen LogP) is 3.73. The van der Waals surface area contributed by atoms with E-state index in [0.29, 0.717) is 13.1 Å². The van der Waals surface area contributed by atoms with E-state index in [4.69, 9.17) is 4.74 Å². The van der Waals surface area contributed by atoms with Crippen molar-refractivity contribution < 1.29 is 9.84 Å². The molecule has 0 aliphatic heterocycles. The van der Waals surface area contributed by atoms with Crippen molar-refractivity contribution in [2.24, 2.45) is 0 Å². The van der Waals surface area contributed by atoms with Crippen LogP contribution in [0, 0.1) is 0 Å². The summed E-state index contributed by atoms with van der Waals surface area (Å²) in [5, 5.41) is 14.8. The number of nitrogens with one attached hydrogen (secondary N) is 1. The van der Waals surface area contributed by atoms with Crippen LogP contribution in [0.1, 0.15) is 16.5 Å². The highest BCUT2D eigenvalue weighted by Crippen LogP contribution is 2.29. The van der Waals surface area contributed by atoms with Crippen LogP contribution in [0.15, 0.2) is 54.6 Å². The molecule has 2 N–H and O–H groups in total. The van der Waals surface area contributed by atoms with E-state index in [1.807, 2.05) is 36.4 Å². The van der Waals surface area contributed by atoms with Gasteiger partial charge in [-0.15, -0.1) is 11.3 Å². The molecule has 3 nitrogen and oxygen atoms in total. The maximum Gasteiger partial charge on any atom is 0.123 e. The van der Waals surface area contributed by atoms with Crippen LogP contribution in [-0.4, -0.2) is 18.8 Å². The monoisotopic (exact) mass is 313 g/mol.